The molecule has 1 atom stereocenters. The molecule has 0 bridgehead atoms. The summed E-state index contributed by atoms with van der Waals surface area (Å²) in [4.78, 5) is 4.15. The second-order valence-electron chi connectivity index (χ2n) is 4.58. The summed E-state index contributed by atoms with van der Waals surface area (Å²) in [5, 5.41) is 9.48. The molecule has 3 rings (SSSR count). The van der Waals surface area contributed by atoms with Crippen LogP contribution in [0.4, 0.5) is 5.69 Å². The highest BCUT2D eigenvalue weighted by Gasteiger charge is 2.13. The summed E-state index contributed by atoms with van der Waals surface area (Å²) in [5.74, 6) is 0. The monoisotopic (exact) mass is 227 g/mol. The van der Waals surface area contributed by atoms with Gasteiger partial charge in [0.05, 0.1) is 0 Å². The number of fused-ring (bicyclic) bond motifs is 1. The highest BCUT2D eigenvalue weighted by atomic mass is 15.0. The summed E-state index contributed by atoms with van der Waals surface area (Å²) in [6.07, 6.45) is 6.33. The lowest BCUT2D eigenvalue weighted by Gasteiger charge is -2.14. The van der Waals surface area contributed by atoms with E-state index in [0.29, 0.717) is 6.04 Å². The second kappa shape index (κ2) is 4.72. The first-order valence-electron chi connectivity index (χ1n) is 6.23. The number of anilines is 1. The Bertz CT molecular complexity index is 498. The number of aromatic nitrogens is 1. The Balaban J connectivity index is 1.79. The van der Waals surface area contributed by atoms with E-state index >= 15 is 0 Å². The van der Waals surface area contributed by atoms with Gasteiger partial charge in [-0.2, -0.15) is 0 Å². The second-order valence-corrected chi connectivity index (χ2v) is 4.58. The van der Waals surface area contributed by atoms with Gasteiger partial charge in [-0.15, -0.1) is 0 Å². The van der Waals surface area contributed by atoms with Crippen molar-refractivity contribution in [1.29, 1.82) is 0 Å². The molecule has 2 N–H and O–H groups in total. The van der Waals surface area contributed by atoms with E-state index in [9.17, 15) is 0 Å². The Kier molecular flexibility index (Phi) is 2.92. The lowest BCUT2D eigenvalue weighted by Crippen LogP contribution is -2.29. The van der Waals surface area contributed by atoms with Crippen molar-refractivity contribution in [2.45, 2.75) is 18.9 Å². The van der Waals surface area contributed by atoms with Crippen LogP contribution < -0.4 is 10.6 Å². The van der Waals surface area contributed by atoms with E-state index in [1.165, 1.54) is 29.3 Å². The third kappa shape index (κ3) is 2.24. The Labute approximate surface area is 101 Å². The van der Waals surface area contributed by atoms with Gasteiger partial charge in [0.1, 0.15) is 0 Å². The van der Waals surface area contributed by atoms with Crippen molar-refractivity contribution in [2.75, 3.05) is 18.4 Å². The lowest BCUT2D eigenvalue weighted by molar-refractivity contribution is 0.634. The van der Waals surface area contributed by atoms with Gasteiger partial charge in [-0.25, -0.2) is 0 Å². The zero-order chi connectivity index (χ0) is 11.5. The molecule has 1 aliphatic heterocycles. The van der Waals surface area contributed by atoms with Crippen molar-refractivity contribution in [3.05, 3.63) is 36.7 Å². The molecule has 1 unspecified atom stereocenters. The SMILES string of the molecule is c1cc(NCC2CCCN2)c2ccncc2c1. The number of nitrogens with zero attached hydrogens (tertiary/aromatic N) is 1. The molecule has 2 heterocycles. The number of rotatable bonds is 3. The molecular formula is C14H17N3. The minimum atomic E-state index is 0.618. The van der Waals surface area contributed by atoms with Crippen LogP contribution in [0, 0.1) is 0 Å². The molecule has 3 heteroatoms. The van der Waals surface area contributed by atoms with Crippen LogP contribution in [0.2, 0.25) is 0 Å². The van der Waals surface area contributed by atoms with Crippen LogP contribution in [0.1, 0.15) is 12.8 Å². The maximum atomic E-state index is 4.15. The summed E-state index contributed by atoms with van der Waals surface area (Å²) >= 11 is 0. The maximum absolute atomic E-state index is 4.15. The highest BCUT2D eigenvalue weighted by molar-refractivity contribution is 5.93. The van der Waals surface area contributed by atoms with E-state index in [1.807, 2.05) is 12.4 Å². The van der Waals surface area contributed by atoms with Gasteiger partial charge in [-0.1, -0.05) is 12.1 Å². The molecule has 0 radical (unpaired) electrons. The Morgan fingerprint density at radius 1 is 1.35 bits per heavy atom. The number of benzene rings is 1. The molecule has 3 nitrogen and oxygen atoms in total. The van der Waals surface area contributed by atoms with Crippen molar-refractivity contribution >= 4 is 16.5 Å². The summed E-state index contributed by atoms with van der Waals surface area (Å²) in [7, 11) is 0. The summed E-state index contributed by atoms with van der Waals surface area (Å²) in [5.41, 5.74) is 1.21. The molecule has 0 saturated carbocycles. The molecule has 2 aromatic rings. The van der Waals surface area contributed by atoms with Gasteiger partial charge in [0.15, 0.2) is 0 Å². The van der Waals surface area contributed by atoms with Crippen LogP contribution >= 0.6 is 0 Å². The van der Waals surface area contributed by atoms with E-state index in [1.54, 1.807) is 0 Å². The van der Waals surface area contributed by atoms with Gasteiger partial charge in [0, 0.05) is 41.4 Å². The third-order valence-corrected chi connectivity index (χ3v) is 3.38. The molecule has 1 fully saturated rings. The topological polar surface area (TPSA) is 37.0 Å². The predicted molar refractivity (Wildman–Crippen MR) is 71.3 cm³/mol. The average molecular weight is 227 g/mol. The number of nitrogens with one attached hydrogen (secondary N) is 2. The fraction of sp³-hybridized carbons (Fsp3) is 0.357. The minimum absolute atomic E-state index is 0.618. The quantitative estimate of drug-likeness (QED) is 0.845. The van der Waals surface area contributed by atoms with E-state index in [2.05, 4.69) is 39.9 Å². The van der Waals surface area contributed by atoms with E-state index in [0.717, 1.165) is 13.1 Å². The molecule has 1 aliphatic rings. The van der Waals surface area contributed by atoms with E-state index in [-0.39, 0.29) is 0 Å². The predicted octanol–water partition coefficient (Wildman–Crippen LogP) is 2.40. The van der Waals surface area contributed by atoms with E-state index in [4.69, 9.17) is 0 Å². The van der Waals surface area contributed by atoms with Crippen LogP contribution in [0.5, 0.6) is 0 Å². The zero-order valence-corrected chi connectivity index (χ0v) is 9.82. The van der Waals surface area contributed by atoms with Gasteiger partial charge in [-0.3, -0.25) is 4.98 Å². The van der Waals surface area contributed by atoms with Crippen molar-refractivity contribution < 1.29 is 0 Å². The van der Waals surface area contributed by atoms with Crippen molar-refractivity contribution in [3.63, 3.8) is 0 Å². The van der Waals surface area contributed by atoms with Gasteiger partial charge >= 0.3 is 0 Å². The molecule has 1 aromatic carbocycles. The molecule has 88 valence electrons. The van der Waals surface area contributed by atoms with Crippen LogP contribution in [-0.2, 0) is 0 Å². The molecule has 0 amide bonds. The zero-order valence-electron chi connectivity index (χ0n) is 9.82. The average Bonchev–Trinajstić information content (AvgIpc) is 2.89. The molecule has 0 aliphatic carbocycles. The normalized spacial score (nSPS) is 19.6. The van der Waals surface area contributed by atoms with E-state index < -0.39 is 0 Å². The molecule has 1 saturated heterocycles. The van der Waals surface area contributed by atoms with Gasteiger partial charge in [0.2, 0.25) is 0 Å². The number of hydrogen-bond acceptors (Lipinski definition) is 3. The standard InChI is InChI=1S/C14H17N3/c1-3-11-9-15-8-6-13(11)14(5-1)17-10-12-4-2-7-16-12/h1,3,5-6,8-9,12,16-17H,2,4,7,10H2. The first kappa shape index (κ1) is 10.5. The van der Waals surface area contributed by atoms with Crippen LogP contribution in [0.25, 0.3) is 10.8 Å². The van der Waals surface area contributed by atoms with Crippen LogP contribution in [0.15, 0.2) is 36.7 Å². The minimum Gasteiger partial charge on any atom is -0.383 e. The Morgan fingerprint density at radius 2 is 2.35 bits per heavy atom. The Morgan fingerprint density at radius 3 is 3.24 bits per heavy atom. The van der Waals surface area contributed by atoms with Crippen molar-refractivity contribution in [3.8, 4) is 0 Å². The van der Waals surface area contributed by atoms with Crippen LogP contribution in [-0.4, -0.2) is 24.1 Å². The lowest BCUT2D eigenvalue weighted by atomic mass is 10.1. The number of pyridine rings is 1. The van der Waals surface area contributed by atoms with Crippen molar-refractivity contribution in [2.24, 2.45) is 0 Å². The largest absolute Gasteiger partial charge is 0.383 e. The summed E-state index contributed by atoms with van der Waals surface area (Å²) < 4.78 is 0. The van der Waals surface area contributed by atoms with Gasteiger partial charge in [-0.05, 0) is 31.5 Å². The third-order valence-electron chi connectivity index (χ3n) is 3.38. The Hall–Kier alpha value is -1.61. The molecule has 17 heavy (non-hydrogen) atoms. The summed E-state index contributed by atoms with van der Waals surface area (Å²) in [6, 6.07) is 9.00. The smallest absolute Gasteiger partial charge is 0.0421 e. The molecule has 1 aromatic heterocycles. The fourth-order valence-corrected chi connectivity index (χ4v) is 2.44. The fourth-order valence-electron chi connectivity index (χ4n) is 2.44. The maximum Gasteiger partial charge on any atom is 0.0421 e. The van der Waals surface area contributed by atoms with Gasteiger partial charge < -0.3 is 10.6 Å². The van der Waals surface area contributed by atoms with Crippen molar-refractivity contribution in [1.82, 2.24) is 10.3 Å². The first-order valence-corrected chi connectivity index (χ1v) is 6.23. The highest BCUT2D eigenvalue weighted by Crippen LogP contribution is 2.22. The van der Waals surface area contributed by atoms with Gasteiger partial charge in [0.25, 0.3) is 0 Å². The molecular weight excluding hydrogens is 210 g/mol. The van der Waals surface area contributed by atoms with Crippen LogP contribution in [0.3, 0.4) is 0 Å². The molecule has 0 spiro atoms. The summed E-state index contributed by atoms with van der Waals surface area (Å²) in [6.45, 7) is 2.16. The first-order chi connectivity index (χ1) is 8.43. The number of hydrogen-bond donors (Lipinski definition) is 2.